The van der Waals surface area contributed by atoms with Gasteiger partial charge in [0.25, 0.3) is 0 Å². The minimum atomic E-state index is -0.105. The van der Waals surface area contributed by atoms with Crippen LogP contribution in [0.3, 0.4) is 0 Å². The second-order valence-electron chi connectivity index (χ2n) is 4.86. The molecule has 96 valence electrons. The van der Waals surface area contributed by atoms with Crippen molar-refractivity contribution in [3.63, 3.8) is 0 Å². The Hall–Kier alpha value is -1.61. The fraction of sp³-hybridized carbons (Fsp3) is 0.400. The SMILES string of the molecule is CCn1nc(C)cc1C(N)c1ccc(C)cc1C. The summed E-state index contributed by atoms with van der Waals surface area (Å²) in [5.41, 5.74) is 12.2. The van der Waals surface area contributed by atoms with Gasteiger partial charge in [-0.05, 0) is 44.9 Å². The number of hydrogen-bond acceptors (Lipinski definition) is 2. The molecule has 0 bridgehead atoms. The fourth-order valence-electron chi connectivity index (χ4n) is 2.40. The van der Waals surface area contributed by atoms with Crippen LogP contribution in [0.25, 0.3) is 0 Å². The average molecular weight is 243 g/mol. The molecule has 0 spiro atoms. The zero-order chi connectivity index (χ0) is 13.3. The lowest BCUT2D eigenvalue weighted by Gasteiger charge is -2.16. The Kier molecular flexibility index (Phi) is 3.53. The van der Waals surface area contributed by atoms with Crippen LogP contribution in [-0.4, -0.2) is 9.78 Å². The quantitative estimate of drug-likeness (QED) is 0.900. The lowest BCUT2D eigenvalue weighted by Crippen LogP contribution is -2.18. The first-order chi connectivity index (χ1) is 8.52. The molecule has 3 heteroatoms. The summed E-state index contributed by atoms with van der Waals surface area (Å²) in [5, 5.41) is 4.46. The number of aromatic nitrogens is 2. The second-order valence-corrected chi connectivity index (χ2v) is 4.86. The lowest BCUT2D eigenvalue weighted by molar-refractivity contribution is 0.596. The van der Waals surface area contributed by atoms with Gasteiger partial charge in [-0.3, -0.25) is 4.68 Å². The molecule has 0 aliphatic heterocycles. The summed E-state index contributed by atoms with van der Waals surface area (Å²) in [5.74, 6) is 0. The molecule has 0 amide bonds. The Morgan fingerprint density at radius 1 is 1.22 bits per heavy atom. The summed E-state index contributed by atoms with van der Waals surface area (Å²) >= 11 is 0. The first kappa shape index (κ1) is 12.8. The maximum Gasteiger partial charge on any atom is 0.0725 e. The minimum Gasteiger partial charge on any atom is -0.319 e. The molecule has 1 aromatic carbocycles. The van der Waals surface area contributed by atoms with Gasteiger partial charge < -0.3 is 5.73 Å². The van der Waals surface area contributed by atoms with E-state index in [1.54, 1.807) is 0 Å². The Morgan fingerprint density at radius 2 is 1.94 bits per heavy atom. The average Bonchev–Trinajstić information content (AvgIpc) is 2.69. The summed E-state index contributed by atoms with van der Waals surface area (Å²) in [6, 6.07) is 8.38. The van der Waals surface area contributed by atoms with E-state index in [0.29, 0.717) is 0 Å². The van der Waals surface area contributed by atoms with Gasteiger partial charge in [-0.2, -0.15) is 5.10 Å². The van der Waals surface area contributed by atoms with Crippen molar-refractivity contribution in [2.75, 3.05) is 0 Å². The third-order valence-corrected chi connectivity index (χ3v) is 3.31. The van der Waals surface area contributed by atoms with Gasteiger partial charge >= 0.3 is 0 Å². The van der Waals surface area contributed by atoms with Crippen LogP contribution in [0.15, 0.2) is 24.3 Å². The molecule has 0 radical (unpaired) electrons. The van der Waals surface area contributed by atoms with Crippen molar-refractivity contribution in [1.82, 2.24) is 9.78 Å². The number of aryl methyl sites for hydroxylation is 4. The Bertz CT molecular complexity index is 555. The molecule has 2 aromatic rings. The van der Waals surface area contributed by atoms with Gasteiger partial charge in [-0.25, -0.2) is 0 Å². The Balaban J connectivity index is 2.43. The normalized spacial score (nSPS) is 12.7. The third-order valence-electron chi connectivity index (χ3n) is 3.31. The Morgan fingerprint density at radius 3 is 2.56 bits per heavy atom. The van der Waals surface area contributed by atoms with Crippen LogP contribution in [-0.2, 0) is 6.54 Å². The maximum atomic E-state index is 6.40. The van der Waals surface area contributed by atoms with Gasteiger partial charge in [0.2, 0.25) is 0 Å². The van der Waals surface area contributed by atoms with Crippen LogP contribution in [0.1, 0.15) is 41.0 Å². The second kappa shape index (κ2) is 4.94. The molecule has 2 rings (SSSR count). The molecular weight excluding hydrogens is 222 g/mol. The number of nitrogens with two attached hydrogens (primary N) is 1. The molecule has 1 aromatic heterocycles. The summed E-state index contributed by atoms with van der Waals surface area (Å²) < 4.78 is 1.99. The van der Waals surface area contributed by atoms with Crippen molar-refractivity contribution in [3.8, 4) is 0 Å². The zero-order valence-corrected chi connectivity index (χ0v) is 11.6. The molecule has 1 unspecified atom stereocenters. The highest BCUT2D eigenvalue weighted by Crippen LogP contribution is 2.24. The topological polar surface area (TPSA) is 43.8 Å². The van der Waals surface area contributed by atoms with Crippen molar-refractivity contribution in [1.29, 1.82) is 0 Å². The van der Waals surface area contributed by atoms with Gasteiger partial charge in [0.1, 0.15) is 0 Å². The molecular formula is C15H21N3. The molecule has 2 N–H and O–H groups in total. The molecule has 0 saturated carbocycles. The fourth-order valence-corrected chi connectivity index (χ4v) is 2.40. The molecule has 0 aliphatic rings. The predicted octanol–water partition coefficient (Wildman–Crippen LogP) is 2.88. The minimum absolute atomic E-state index is 0.105. The molecule has 0 fully saturated rings. The maximum absolute atomic E-state index is 6.40. The first-order valence-corrected chi connectivity index (χ1v) is 6.40. The number of rotatable bonds is 3. The van der Waals surface area contributed by atoms with Crippen molar-refractivity contribution < 1.29 is 0 Å². The van der Waals surface area contributed by atoms with E-state index >= 15 is 0 Å². The van der Waals surface area contributed by atoms with E-state index in [1.807, 2.05) is 11.6 Å². The first-order valence-electron chi connectivity index (χ1n) is 6.40. The molecule has 1 atom stereocenters. The number of benzene rings is 1. The highest BCUT2D eigenvalue weighted by Gasteiger charge is 2.16. The lowest BCUT2D eigenvalue weighted by atomic mass is 9.97. The van der Waals surface area contributed by atoms with E-state index < -0.39 is 0 Å². The van der Waals surface area contributed by atoms with Crippen LogP contribution in [0.5, 0.6) is 0 Å². The molecule has 0 saturated heterocycles. The van der Waals surface area contributed by atoms with Gasteiger partial charge in [-0.15, -0.1) is 0 Å². The number of nitrogens with zero attached hydrogens (tertiary/aromatic N) is 2. The van der Waals surface area contributed by atoms with E-state index in [9.17, 15) is 0 Å². The summed E-state index contributed by atoms with van der Waals surface area (Å²) in [7, 11) is 0. The van der Waals surface area contributed by atoms with Crippen molar-refractivity contribution >= 4 is 0 Å². The van der Waals surface area contributed by atoms with Crippen LogP contribution in [0.2, 0.25) is 0 Å². The van der Waals surface area contributed by atoms with Crippen LogP contribution >= 0.6 is 0 Å². The van der Waals surface area contributed by atoms with Crippen molar-refractivity contribution in [3.05, 3.63) is 52.3 Å². The number of hydrogen-bond donors (Lipinski definition) is 1. The highest BCUT2D eigenvalue weighted by molar-refractivity contribution is 5.37. The molecule has 1 heterocycles. The predicted molar refractivity (Wildman–Crippen MR) is 74.6 cm³/mol. The highest BCUT2D eigenvalue weighted by atomic mass is 15.3. The van der Waals surface area contributed by atoms with E-state index in [4.69, 9.17) is 5.73 Å². The van der Waals surface area contributed by atoms with Gasteiger partial charge in [0.05, 0.1) is 17.4 Å². The zero-order valence-electron chi connectivity index (χ0n) is 11.6. The third kappa shape index (κ3) is 2.31. The van der Waals surface area contributed by atoms with Crippen molar-refractivity contribution in [2.24, 2.45) is 5.73 Å². The van der Waals surface area contributed by atoms with Gasteiger partial charge in [0.15, 0.2) is 0 Å². The van der Waals surface area contributed by atoms with E-state index in [2.05, 4.69) is 50.1 Å². The molecule has 3 nitrogen and oxygen atoms in total. The van der Waals surface area contributed by atoms with Crippen molar-refractivity contribution in [2.45, 2.75) is 40.3 Å². The van der Waals surface area contributed by atoms with Crippen LogP contribution in [0.4, 0.5) is 0 Å². The Labute approximate surface area is 109 Å². The largest absolute Gasteiger partial charge is 0.319 e. The monoisotopic (exact) mass is 243 g/mol. The van der Waals surface area contributed by atoms with Gasteiger partial charge in [-0.1, -0.05) is 23.8 Å². The summed E-state index contributed by atoms with van der Waals surface area (Å²) in [6.45, 7) is 9.15. The molecule has 18 heavy (non-hydrogen) atoms. The standard InChI is InChI=1S/C15H21N3/c1-5-18-14(9-12(4)17-18)15(16)13-7-6-10(2)8-11(13)3/h6-9,15H,5,16H2,1-4H3. The van der Waals surface area contributed by atoms with Crippen LogP contribution < -0.4 is 5.73 Å². The van der Waals surface area contributed by atoms with E-state index in [0.717, 1.165) is 17.9 Å². The van der Waals surface area contributed by atoms with E-state index in [1.165, 1.54) is 16.7 Å². The summed E-state index contributed by atoms with van der Waals surface area (Å²) in [4.78, 5) is 0. The smallest absolute Gasteiger partial charge is 0.0725 e. The summed E-state index contributed by atoms with van der Waals surface area (Å²) in [6.07, 6.45) is 0. The van der Waals surface area contributed by atoms with Crippen LogP contribution in [0, 0.1) is 20.8 Å². The van der Waals surface area contributed by atoms with Gasteiger partial charge in [0, 0.05) is 6.54 Å². The van der Waals surface area contributed by atoms with E-state index in [-0.39, 0.29) is 6.04 Å². The molecule has 0 aliphatic carbocycles.